The molecule has 1 heterocycles. The number of nitrogens with zero attached hydrogens (tertiary/aromatic N) is 1. The Balaban J connectivity index is 1.78. The van der Waals surface area contributed by atoms with E-state index in [1.165, 1.54) is 16.9 Å². The second kappa shape index (κ2) is 3.64. The Labute approximate surface area is 109 Å². The monoisotopic (exact) mass is 257 g/mol. The quantitative estimate of drug-likeness (QED) is 0.711. The van der Waals surface area contributed by atoms with Crippen molar-refractivity contribution in [3.63, 3.8) is 0 Å². The number of rotatable bonds is 1. The normalized spacial score (nSPS) is 40.1. The topological polar surface area (TPSA) is 29.4 Å². The zero-order valence-electron chi connectivity index (χ0n) is 10.2. The van der Waals surface area contributed by atoms with Crippen molar-refractivity contribution in [3.05, 3.63) is 42.0 Å². The van der Waals surface area contributed by atoms with Gasteiger partial charge in [-0.2, -0.15) is 4.36 Å². The Kier molecular flexibility index (Phi) is 2.16. The summed E-state index contributed by atoms with van der Waals surface area (Å²) >= 11 is 0. The van der Waals surface area contributed by atoms with Crippen LogP contribution in [0.15, 0.2) is 45.7 Å². The van der Waals surface area contributed by atoms with Crippen LogP contribution < -0.4 is 0 Å². The molecule has 18 heavy (non-hydrogen) atoms. The van der Waals surface area contributed by atoms with Gasteiger partial charge in [0.2, 0.25) is 0 Å². The molecule has 2 nitrogen and oxygen atoms in total. The molecule has 0 spiro atoms. The van der Waals surface area contributed by atoms with Gasteiger partial charge in [0.05, 0.1) is 5.92 Å². The van der Waals surface area contributed by atoms with E-state index in [1.54, 1.807) is 0 Å². The highest BCUT2D eigenvalue weighted by Crippen LogP contribution is 2.51. The van der Waals surface area contributed by atoms with Gasteiger partial charge in [0.15, 0.2) is 0 Å². The lowest BCUT2D eigenvalue weighted by Crippen LogP contribution is -2.27. The number of carbonyl (C=O) groups excluding carboxylic acids is 1. The van der Waals surface area contributed by atoms with Crippen molar-refractivity contribution in [2.75, 3.05) is 0 Å². The molecule has 1 fully saturated rings. The summed E-state index contributed by atoms with van der Waals surface area (Å²) in [5.74, 6) is 1.39. The summed E-state index contributed by atoms with van der Waals surface area (Å²) < 4.78 is 4.46. The molecule has 0 aromatic heterocycles. The largest absolute Gasteiger partial charge is 0.272 e. The molecule has 0 N–H and O–H groups in total. The van der Waals surface area contributed by atoms with Gasteiger partial charge in [-0.1, -0.05) is 40.5 Å². The Morgan fingerprint density at radius 1 is 1.17 bits per heavy atom. The van der Waals surface area contributed by atoms with Crippen molar-refractivity contribution in [2.45, 2.75) is 23.5 Å². The van der Waals surface area contributed by atoms with Gasteiger partial charge in [-0.25, -0.2) is 0 Å². The molecule has 0 saturated heterocycles. The molecule has 1 amide bonds. The van der Waals surface area contributed by atoms with Crippen molar-refractivity contribution in [1.82, 2.24) is 0 Å². The van der Waals surface area contributed by atoms with Crippen molar-refractivity contribution in [1.29, 1.82) is 0 Å². The standard InChI is InChI=1S/C15H15NOS/c1-9-2-6-12(7-3-9)18-14-11-5-4-10(8-11)13(14)15(17)16-18/h2-7,10-11,13-14H,8H2,1H3/t10-,11+,13-,14+,18-/m0/s1. The number of amides is 1. The van der Waals surface area contributed by atoms with Crippen LogP contribution in [0, 0.1) is 24.7 Å². The lowest BCUT2D eigenvalue weighted by molar-refractivity contribution is -0.121. The number of aryl methyl sites for hydroxylation is 1. The molecule has 1 saturated carbocycles. The number of hydrogen-bond donors (Lipinski definition) is 0. The Morgan fingerprint density at radius 2 is 1.89 bits per heavy atom. The molecule has 1 aromatic carbocycles. The molecular weight excluding hydrogens is 242 g/mol. The maximum atomic E-state index is 12.1. The van der Waals surface area contributed by atoms with Crippen LogP contribution in [0.4, 0.5) is 0 Å². The van der Waals surface area contributed by atoms with Crippen molar-refractivity contribution < 1.29 is 4.79 Å². The summed E-state index contributed by atoms with van der Waals surface area (Å²) in [6, 6.07) is 8.54. The van der Waals surface area contributed by atoms with E-state index in [0.29, 0.717) is 17.1 Å². The molecule has 1 aliphatic heterocycles. The predicted octanol–water partition coefficient (Wildman–Crippen LogP) is 2.89. The average Bonchev–Trinajstić information content (AvgIpc) is 3.03. The maximum absolute atomic E-state index is 12.1. The van der Waals surface area contributed by atoms with E-state index in [9.17, 15) is 4.79 Å². The van der Waals surface area contributed by atoms with Crippen LogP contribution in [0.3, 0.4) is 0 Å². The predicted molar refractivity (Wildman–Crippen MR) is 72.3 cm³/mol. The average molecular weight is 257 g/mol. The first-order chi connectivity index (χ1) is 8.74. The highest BCUT2D eigenvalue weighted by molar-refractivity contribution is 7.88. The number of carbonyl (C=O) groups is 1. The summed E-state index contributed by atoms with van der Waals surface area (Å²) in [7, 11) is -0.210. The van der Waals surface area contributed by atoms with Gasteiger partial charge in [-0.15, -0.1) is 0 Å². The second-order valence-corrected chi connectivity index (χ2v) is 7.32. The van der Waals surface area contributed by atoms with E-state index in [1.807, 2.05) is 0 Å². The van der Waals surface area contributed by atoms with Gasteiger partial charge in [0.25, 0.3) is 5.91 Å². The van der Waals surface area contributed by atoms with Crippen LogP contribution in [-0.4, -0.2) is 11.2 Å². The number of allylic oxidation sites excluding steroid dienone is 2. The summed E-state index contributed by atoms with van der Waals surface area (Å²) in [4.78, 5) is 13.3. The van der Waals surface area contributed by atoms with E-state index in [-0.39, 0.29) is 22.5 Å². The van der Waals surface area contributed by atoms with Gasteiger partial charge < -0.3 is 0 Å². The van der Waals surface area contributed by atoms with Gasteiger partial charge >= 0.3 is 0 Å². The first kappa shape index (κ1) is 10.7. The minimum Gasteiger partial charge on any atom is -0.272 e. The molecule has 92 valence electrons. The zero-order chi connectivity index (χ0) is 12.3. The summed E-state index contributed by atoms with van der Waals surface area (Å²) in [6.45, 7) is 2.09. The Bertz CT molecular complexity index is 587. The number of hydrogen-bond acceptors (Lipinski definition) is 1. The minimum absolute atomic E-state index is 0.153. The molecule has 3 aliphatic rings. The first-order valence-electron chi connectivity index (χ1n) is 6.48. The van der Waals surface area contributed by atoms with E-state index < -0.39 is 0 Å². The molecule has 1 aromatic rings. The number of benzene rings is 1. The zero-order valence-corrected chi connectivity index (χ0v) is 11.1. The third-order valence-corrected chi connectivity index (χ3v) is 6.67. The van der Waals surface area contributed by atoms with Crippen LogP contribution >= 0.6 is 0 Å². The molecule has 0 radical (unpaired) electrons. The van der Waals surface area contributed by atoms with E-state index >= 15 is 0 Å². The first-order valence-corrected chi connectivity index (χ1v) is 7.72. The van der Waals surface area contributed by atoms with Crippen molar-refractivity contribution >= 4 is 16.6 Å². The van der Waals surface area contributed by atoms with Crippen LogP contribution in [0.5, 0.6) is 0 Å². The lowest BCUT2D eigenvalue weighted by Gasteiger charge is -2.21. The third kappa shape index (κ3) is 1.34. The van der Waals surface area contributed by atoms with Crippen LogP contribution in [-0.2, 0) is 15.5 Å². The molecular formula is C15H15NOS. The van der Waals surface area contributed by atoms with Crippen LogP contribution in [0.2, 0.25) is 0 Å². The molecule has 3 heteroatoms. The highest BCUT2D eigenvalue weighted by Gasteiger charge is 2.53. The fraction of sp³-hybridized carbons (Fsp3) is 0.400. The van der Waals surface area contributed by atoms with Crippen molar-refractivity contribution in [3.8, 4) is 0 Å². The van der Waals surface area contributed by atoms with Gasteiger partial charge in [-0.3, -0.25) is 4.79 Å². The second-order valence-electron chi connectivity index (χ2n) is 5.50. The van der Waals surface area contributed by atoms with E-state index in [0.717, 1.165) is 0 Å². The molecule has 4 rings (SSSR count). The molecule has 2 bridgehead atoms. The van der Waals surface area contributed by atoms with Gasteiger partial charge in [0, 0.05) is 10.1 Å². The molecule has 5 atom stereocenters. The third-order valence-electron chi connectivity index (χ3n) is 4.38. The summed E-state index contributed by atoms with van der Waals surface area (Å²) in [6.07, 6.45) is 5.72. The molecule has 2 aliphatic carbocycles. The van der Waals surface area contributed by atoms with Crippen LogP contribution in [0.25, 0.3) is 0 Å². The Morgan fingerprint density at radius 3 is 2.67 bits per heavy atom. The maximum Gasteiger partial charge on any atom is 0.256 e. The SMILES string of the molecule is Cc1ccc([S@@]2=NC(=O)[C@@H]3[C@H]2[C@@H]2C=C[C@H]3C2)cc1. The number of fused-ring (bicyclic) bond motifs is 5. The Hall–Kier alpha value is -1.22. The lowest BCUT2D eigenvalue weighted by atomic mass is 9.93. The van der Waals surface area contributed by atoms with E-state index in [4.69, 9.17) is 0 Å². The van der Waals surface area contributed by atoms with Crippen LogP contribution in [0.1, 0.15) is 12.0 Å². The van der Waals surface area contributed by atoms with Crippen molar-refractivity contribution in [2.24, 2.45) is 22.1 Å². The molecule has 0 unspecified atom stereocenters. The fourth-order valence-electron chi connectivity index (χ4n) is 3.51. The van der Waals surface area contributed by atoms with E-state index in [2.05, 4.69) is 47.7 Å². The minimum atomic E-state index is -0.210. The van der Waals surface area contributed by atoms with Gasteiger partial charge in [0.1, 0.15) is 0 Å². The smallest absolute Gasteiger partial charge is 0.256 e. The highest BCUT2D eigenvalue weighted by atomic mass is 32.2. The summed E-state index contributed by atoms with van der Waals surface area (Å²) in [5.41, 5.74) is 1.26. The fourth-order valence-corrected chi connectivity index (χ4v) is 5.91. The van der Waals surface area contributed by atoms with Gasteiger partial charge in [-0.05, 0) is 37.3 Å². The summed E-state index contributed by atoms with van der Waals surface area (Å²) in [5, 5.41) is 0.454.